The molecule has 0 aromatic heterocycles. The number of nitrogens with one attached hydrogen (secondary N) is 1. The lowest BCUT2D eigenvalue weighted by molar-refractivity contribution is -0.111. The first-order valence-corrected chi connectivity index (χ1v) is 5.89. The van der Waals surface area contributed by atoms with Crippen LogP contribution in [0.15, 0.2) is 60.7 Å². The van der Waals surface area contributed by atoms with Crippen LogP contribution >= 0.6 is 0 Å². The van der Waals surface area contributed by atoms with Gasteiger partial charge in [-0.2, -0.15) is 0 Å². The van der Waals surface area contributed by atoms with Crippen molar-refractivity contribution in [3.63, 3.8) is 0 Å². The lowest BCUT2D eigenvalue weighted by Gasteiger charge is -2.02. The molecule has 19 heavy (non-hydrogen) atoms. The van der Waals surface area contributed by atoms with Gasteiger partial charge in [0.15, 0.2) is 0 Å². The molecule has 0 radical (unpaired) electrons. The number of anilines is 1. The summed E-state index contributed by atoms with van der Waals surface area (Å²) in [7, 11) is 0. The van der Waals surface area contributed by atoms with Crippen molar-refractivity contribution < 1.29 is 4.79 Å². The largest absolute Gasteiger partial charge is 0.322 e. The summed E-state index contributed by atoms with van der Waals surface area (Å²) in [6.45, 7) is 0. The van der Waals surface area contributed by atoms with Gasteiger partial charge in [-0.25, -0.2) is 0 Å². The fourth-order valence-corrected chi connectivity index (χ4v) is 1.61. The van der Waals surface area contributed by atoms with Crippen LogP contribution in [0.3, 0.4) is 0 Å². The van der Waals surface area contributed by atoms with Crippen molar-refractivity contribution in [3.05, 3.63) is 71.8 Å². The fourth-order valence-electron chi connectivity index (χ4n) is 1.61. The average Bonchev–Trinajstić information content (AvgIpc) is 2.46. The minimum Gasteiger partial charge on any atom is -0.322 e. The average molecular weight is 247 g/mol. The number of benzene rings is 2. The SMILES string of the molecule is C#Cc1cccc(NC(=O)/C=C/c2ccccc2)c1. The smallest absolute Gasteiger partial charge is 0.248 e. The molecule has 0 heterocycles. The van der Waals surface area contributed by atoms with Crippen LogP contribution in [0.25, 0.3) is 6.08 Å². The molecular formula is C17H13NO. The molecule has 0 bridgehead atoms. The molecule has 2 heteroatoms. The van der Waals surface area contributed by atoms with Crippen LogP contribution in [0.1, 0.15) is 11.1 Å². The summed E-state index contributed by atoms with van der Waals surface area (Å²) < 4.78 is 0. The molecule has 92 valence electrons. The normalized spacial score (nSPS) is 10.1. The first-order valence-electron chi connectivity index (χ1n) is 5.89. The molecule has 0 aliphatic heterocycles. The van der Waals surface area contributed by atoms with E-state index in [0.717, 1.165) is 11.1 Å². The number of amides is 1. The molecule has 2 aromatic rings. The molecule has 2 rings (SSSR count). The quantitative estimate of drug-likeness (QED) is 0.654. The van der Waals surface area contributed by atoms with Crippen LogP contribution in [-0.4, -0.2) is 5.91 Å². The van der Waals surface area contributed by atoms with E-state index < -0.39 is 0 Å². The number of hydrogen-bond acceptors (Lipinski definition) is 1. The number of carbonyl (C=O) groups excluding carboxylic acids is 1. The zero-order valence-electron chi connectivity index (χ0n) is 10.3. The first kappa shape index (κ1) is 12.7. The highest BCUT2D eigenvalue weighted by molar-refractivity contribution is 6.01. The maximum Gasteiger partial charge on any atom is 0.248 e. The lowest BCUT2D eigenvalue weighted by atomic mass is 10.2. The van der Waals surface area contributed by atoms with Gasteiger partial charge in [0.1, 0.15) is 0 Å². The van der Waals surface area contributed by atoms with Crippen LogP contribution in [0, 0.1) is 12.3 Å². The summed E-state index contributed by atoms with van der Waals surface area (Å²) in [5.74, 6) is 2.35. The molecule has 0 fully saturated rings. The van der Waals surface area contributed by atoms with Crippen LogP contribution < -0.4 is 5.32 Å². The monoisotopic (exact) mass is 247 g/mol. The van der Waals surface area contributed by atoms with E-state index in [0.29, 0.717) is 5.69 Å². The van der Waals surface area contributed by atoms with Gasteiger partial charge in [-0.1, -0.05) is 42.3 Å². The third-order valence-corrected chi connectivity index (χ3v) is 2.52. The Morgan fingerprint density at radius 2 is 1.89 bits per heavy atom. The molecule has 0 aliphatic rings. The van der Waals surface area contributed by atoms with Crippen molar-refractivity contribution >= 4 is 17.7 Å². The first-order chi connectivity index (χ1) is 9.28. The molecule has 0 atom stereocenters. The molecular weight excluding hydrogens is 234 g/mol. The Kier molecular flexibility index (Phi) is 4.15. The minimum absolute atomic E-state index is 0.182. The van der Waals surface area contributed by atoms with Gasteiger partial charge in [0.05, 0.1) is 0 Å². The summed E-state index contributed by atoms with van der Waals surface area (Å²) >= 11 is 0. The molecule has 2 nitrogen and oxygen atoms in total. The highest BCUT2D eigenvalue weighted by atomic mass is 16.1. The highest BCUT2D eigenvalue weighted by Crippen LogP contribution is 2.10. The second kappa shape index (κ2) is 6.23. The third kappa shape index (κ3) is 3.86. The van der Waals surface area contributed by atoms with Gasteiger partial charge in [0.2, 0.25) is 5.91 Å². The summed E-state index contributed by atoms with van der Waals surface area (Å²) in [4.78, 5) is 11.7. The van der Waals surface area contributed by atoms with Crippen molar-refractivity contribution in [2.45, 2.75) is 0 Å². The number of carbonyl (C=O) groups is 1. The number of terminal acetylenes is 1. The van der Waals surface area contributed by atoms with Gasteiger partial charge in [-0.15, -0.1) is 6.42 Å². The Hall–Kier alpha value is -2.79. The third-order valence-electron chi connectivity index (χ3n) is 2.52. The van der Waals surface area contributed by atoms with Crippen LogP contribution in [0.4, 0.5) is 5.69 Å². The van der Waals surface area contributed by atoms with E-state index in [1.54, 1.807) is 18.2 Å². The Morgan fingerprint density at radius 1 is 1.11 bits per heavy atom. The maximum absolute atomic E-state index is 11.7. The van der Waals surface area contributed by atoms with E-state index in [9.17, 15) is 4.79 Å². The molecule has 1 N–H and O–H groups in total. The predicted molar refractivity (Wildman–Crippen MR) is 78.5 cm³/mol. The van der Waals surface area contributed by atoms with Crippen LogP contribution in [-0.2, 0) is 4.79 Å². The molecule has 0 saturated heterocycles. The van der Waals surface area contributed by atoms with Crippen molar-refractivity contribution in [3.8, 4) is 12.3 Å². The second-order valence-electron chi connectivity index (χ2n) is 3.96. The molecule has 0 unspecified atom stereocenters. The highest BCUT2D eigenvalue weighted by Gasteiger charge is 1.98. The zero-order valence-corrected chi connectivity index (χ0v) is 10.3. The Bertz CT molecular complexity index is 636. The van der Waals surface area contributed by atoms with E-state index in [-0.39, 0.29) is 5.91 Å². The topological polar surface area (TPSA) is 29.1 Å². The minimum atomic E-state index is -0.182. The van der Waals surface area contributed by atoms with Gasteiger partial charge in [-0.05, 0) is 29.8 Å². The molecule has 1 amide bonds. The maximum atomic E-state index is 11.7. The van der Waals surface area contributed by atoms with Gasteiger partial charge < -0.3 is 5.32 Å². The van der Waals surface area contributed by atoms with Gasteiger partial charge >= 0.3 is 0 Å². The summed E-state index contributed by atoms with van der Waals surface area (Å²) in [6.07, 6.45) is 8.57. The zero-order chi connectivity index (χ0) is 13.5. The standard InChI is InChI=1S/C17H13NO/c1-2-14-9-6-10-16(13-14)18-17(19)12-11-15-7-4-3-5-8-15/h1,3-13H,(H,18,19)/b12-11+. The molecule has 0 saturated carbocycles. The number of rotatable bonds is 3. The van der Waals surface area contributed by atoms with Gasteiger partial charge in [-0.3, -0.25) is 4.79 Å². The predicted octanol–water partition coefficient (Wildman–Crippen LogP) is 3.32. The summed E-state index contributed by atoms with van der Waals surface area (Å²) in [5, 5.41) is 2.77. The van der Waals surface area contributed by atoms with Crippen molar-refractivity contribution in [2.75, 3.05) is 5.32 Å². The Balaban J connectivity index is 2.02. The molecule has 2 aromatic carbocycles. The van der Waals surface area contributed by atoms with Crippen molar-refractivity contribution in [1.82, 2.24) is 0 Å². The van der Waals surface area contributed by atoms with Crippen molar-refractivity contribution in [2.24, 2.45) is 0 Å². The molecule has 0 spiro atoms. The van der Waals surface area contributed by atoms with Crippen LogP contribution in [0.2, 0.25) is 0 Å². The van der Waals surface area contributed by atoms with Crippen molar-refractivity contribution in [1.29, 1.82) is 0 Å². The fraction of sp³-hybridized carbons (Fsp3) is 0. The Morgan fingerprint density at radius 3 is 2.63 bits per heavy atom. The van der Waals surface area contributed by atoms with Crippen LogP contribution in [0.5, 0.6) is 0 Å². The van der Waals surface area contributed by atoms with Gasteiger partial charge in [0.25, 0.3) is 0 Å². The number of hydrogen-bond donors (Lipinski definition) is 1. The van der Waals surface area contributed by atoms with E-state index in [1.165, 1.54) is 6.08 Å². The van der Waals surface area contributed by atoms with Gasteiger partial charge in [0, 0.05) is 17.3 Å². The molecule has 0 aliphatic carbocycles. The van der Waals surface area contributed by atoms with E-state index >= 15 is 0 Å². The lowest BCUT2D eigenvalue weighted by Crippen LogP contribution is -2.07. The second-order valence-corrected chi connectivity index (χ2v) is 3.96. The van der Waals surface area contributed by atoms with E-state index in [4.69, 9.17) is 6.42 Å². The van der Waals surface area contributed by atoms with E-state index in [2.05, 4.69) is 11.2 Å². The summed E-state index contributed by atoms with van der Waals surface area (Å²) in [6, 6.07) is 16.8. The Labute approximate surface area is 112 Å². The summed E-state index contributed by atoms with van der Waals surface area (Å²) in [5.41, 5.74) is 2.41. The van der Waals surface area contributed by atoms with E-state index in [1.807, 2.05) is 42.5 Å².